The highest BCUT2D eigenvalue weighted by molar-refractivity contribution is 5.87. The van der Waals surface area contributed by atoms with Gasteiger partial charge in [-0.1, -0.05) is 30.8 Å². The summed E-state index contributed by atoms with van der Waals surface area (Å²) in [5.74, 6) is -0.264. The van der Waals surface area contributed by atoms with Crippen molar-refractivity contribution in [3.8, 4) is 0 Å². The third-order valence-electron chi connectivity index (χ3n) is 2.46. The van der Waals surface area contributed by atoms with Crippen LogP contribution in [0.4, 0.5) is 0 Å². The van der Waals surface area contributed by atoms with Crippen molar-refractivity contribution in [2.24, 2.45) is 0 Å². The third kappa shape index (κ3) is 1.69. The molecule has 1 aliphatic heterocycles. The van der Waals surface area contributed by atoms with E-state index in [1.807, 2.05) is 18.2 Å². The summed E-state index contributed by atoms with van der Waals surface area (Å²) in [7, 11) is 0. The number of rotatable bonds is 0. The van der Waals surface area contributed by atoms with Crippen molar-refractivity contribution >= 4 is 5.97 Å². The maximum absolute atomic E-state index is 11.3. The first-order valence-corrected chi connectivity index (χ1v) is 4.69. The van der Waals surface area contributed by atoms with Crippen LogP contribution >= 0.6 is 0 Å². The van der Waals surface area contributed by atoms with Crippen LogP contribution in [-0.2, 0) is 22.6 Å². The van der Waals surface area contributed by atoms with Crippen molar-refractivity contribution in [1.29, 1.82) is 0 Å². The molecule has 0 fully saturated rings. The number of esters is 1. The van der Waals surface area contributed by atoms with Gasteiger partial charge in [0.1, 0.15) is 6.61 Å². The van der Waals surface area contributed by atoms with Crippen molar-refractivity contribution in [2.45, 2.75) is 19.4 Å². The molecule has 0 radical (unpaired) electrons. The van der Waals surface area contributed by atoms with Gasteiger partial charge in [-0.25, -0.2) is 4.79 Å². The van der Waals surface area contributed by atoms with Crippen molar-refractivity contribution in [3.63, 3.8) is 0 Å². The number of benzene rings is 1. The summed E-state index contributed by atoms with van der Waals surface area (Å²) < 4.78 is 5.08. The molecule has 1 heterocycles. The van der Waals surface area contributed by atoms with Gasteiger partial charge in [0.25, 0.3) is 0 Å². The largest absolute Gasteiger partial charge is 0.457 e. The Morgan fingerprint density at radius 3 is 2.64 bits per heavy atom. The molecule has 0 unspecified atom stereocenters. The number of fused-ring (bicyclic) bond motifs is 1. The summed E-state index contributed by atoms with van der Waals surface area (Å²) >= 11 is 0. The fourth-order valence-electron chi connectivity index (χ4n) is 1.58. The summed E-state index contributed by atoms with van der Waals surface area (Å²) in [6.45, 7) is 4.06. The summed E-state index contributed by atoms with van der Waals surface area (Å²) in [5.41, 5.74) is 2.93. The number of carbonyl (C=O) groups excluding carboxylic acids is 1. The van der Waals surface area contributed by atoms with Crippen LogP contribution in [0, 0.1) is 0 Å². The molecule has 0 amide bonds. The van der Waals surface area contributed by atoms with Crippen molar-refractivity contribution in [3.05, 3.63) is 47.5 Å². The van der Waals surface area contributed by atoms with Crippen molar-refractivity contribution < 1.29 is 9.53 Å². The summed E-state index contributed by atoms with van der Waals surface area (Å²) in [4.78, 5) is 11.3. The summed E-state index contributed by atoms with van der Waals surface area (Å²) in [5, 5.41) is 0. The number of cyclic esters (lactones) is 1. The van der Waals surface area contributed by atoms with Gasteiger partial charge in [-0.15, -0.1) is 0 Å². The van der Waals surface area contributed by atoms with Gasteiger partial charge >= 0.3 is 5.97 Å². The molecule has 0 atom stereocenters. The van der Waals surface area contributed by atoms with Gasteiger partial charge in [0.15, 0.2) is 0 Å². The van der Waals surface area contributed by atoms with E-state index in [9.17, 15) is 4.79 Å². The van der Waals surface area contributed by atoms with Gasteiger partial charge in [-0.05, 0) is 24.0 Å². The first kappa shape index (κ1) is 9.00. The predicted molar refractivity (Wildman–Crippen MR) is 53.7 cm³/mol. The second-order valence-electron chi connectivity index (χ2n) is 3.45. The Balaban J connectivity index is 2.29. The van der Waals surface area contributed by atoms with Crippen LogP contribution in [0.15, 0.2) is 36.4 Å². The number of hydrogen-bond donors (Lipinski definition) is 0. The lowest BCUT2D eigenvalue weighted by atomic mass is 9.99. The van der Waals surface area contributed by atoms with Gasteiger partial charge in [-0.2, -0.15) is 0 Å². The van der Waals surface area contributed by atoms with Gasteiger partial charge in [-0.3, -0.25) is 0 Å². The molecule has 0 N–H and O–H groups in total. The summed E-state index contributed by atoms with van der Waals surface area (Å²) in [6, 6.07) is 8.03. The van der Waals surface area contributed by atoms with Crippen LogP contribution in [0.5, 0.6) is 0 Å². The Labute approximate surface area is 83.2 Å². The predicted octanol–water partition coefficient (Wildman–Crippen LogP) is 2.23. The van der Waals surface area contributed by atoms with E-state index in [4.69, 9.17) is 4.74 Å². The maximum Gasteiger partial charge on any atom is 0.333 e. The quantitative estimate of drug-likeness (QED) is 0.461. The minimum Gasteiger partial charge on any atom is -0.457 e. The molecule has 1 aromatic carbocycles. The molecule has 0 bridgehead atoms. The number of aryl methyl sites for hydroxylation is 1. The van der Waals surface area contributed by atoms with Gasteiger partial charge in [0, 0.05) is 5.57 Å². The Morgan fingerprint density at radius 1 is 1.14 bits per heavy atom. The Hall–Kier alpha value is -1.57. The minimum atomic E-state index is -0.264. The van der Waals surface area contributed by atoms with Gasteiger partial charge in [0.05, 0.1) is 0 Å². The van der Waals surface area contributed by atoms with E-state index < -0.39 is 0 Å². The molecular weight excluding hydrogens is 176 g/mol. The van der Waals surface area contributed by atoms with E-state index in [2.05, 4.69) is 12.6 Å². The summed E-state index contributed by atoms with van der Waals surface area (Å²) in [6.07, 6.45) is 1.57. The van der Waals surface area contributed by atoms with E-state index in [0.29, 0.717) is 18.6 Å². The highest BCUT2D eigenvalue weighted by Crippen LogP contribution is 2.18. The lowest BCUT2D eigenvalue weighted by molar-refractivity contribution is -0.140. The highest BCUT2D eigenvalue weighted by Gasteiger charge is 2.14. The molecule has 0 saturated carbocycles. The molecule has 0 aromatic heterocycles. The second-order valence-corrected chi connectivity index (χ2v) is 3.45. The zero-order valence-corrected chi connectivity index (χ0v) is 7.95. The number of hydrogen-bond acceptors (Lipinski definition) is 2. The lowest BCUT2D eigenvalue weighted by Gasteiger charge is -2.14. The molecule has 2 nitrogen and oxygen atoms in total. The average Bonchev–Trinajstić information content (AvgIpc) is 2.21. The van der Waals surface area contributed by atoms with Crippen LogP contribution in [0.25, 0.3) is 0 Å². The minimum absolute atomic E-state index is 0.264. The average molecular weight is 188 g/mol. The van der Waals surface area contributed by atoms with E-state index in [1.54, 1.807) is 0 Å². The van der Waals surface area contributed by atoms with Crippen LogP contribution in [0.3, 0.4) is 0 Å². The van der Waals surface area contributed by atoms with E-state index >= 15 is 0 Å². The van der Waals surface area contributed by atoms with Crippen molar-refractivity contribution in [2.75, 3.05) is 0 Å². The molecule has 1 aliphatic rings. The number of ether oxygens (including phenoxy) is 1. The topological polar surface area (TPSA) is 26.3 Å². The van der Waals surface area contributed by atoms with Crippen LogP contribution in [0.2, 0.25) is 0 Å². The Morgan fingerprint density at radius 2 is 1.86 bits per heavy atom. The van der Waals surface area contributed by atoms with Gasteiger partial charge < -0.3 is 4.74 Å². The standard InChI is InChI=1S/C12H12O2/c1-9-6-7-10-4-2-3-5-11(10)8-14-12(9)13/h2-5H,1,6-8H2. The lowest BCUT2D eigenvalue weighted by Crippen LogP contribution is -2.12. The van der Waals surface area contributed by atoms with Crippen molar-refractivity contribution in [1.82, 2.24) is 0 Å². The zero-order valence-electron chi connectivity index (χ0n) is 7.95. The van der Waals surface area contributed by atoms with E-state index in [0.717, 1.165) is 12.0 Å². The van der Waals surface area contributed by atoms with Crippen LogP contribution < -0.4 is 0 Å². The van der Waals surface area contributed by atoms with E-state index in [1.165, 1.54) is 5.56 Å². The number of carbonyl (C=O) groups is 1. The fourth-order valence-corrected chi connectivity index (χ4v) is 1.58. The zero-order chi connectivity index (χ0) is 9.97. The molecule has 0 spiro atoms. The normalized spacial score (nSPS) is 16.6. The Kier molecular flexibility index (Phi) is 2.35. The molecule has 14 heavy (non-hydrogen) atoms. The molecule has 0 saturated heterocycles. The molecule has 72 valence electrons. The first-order chi connectivity index (χ1) is 6.77. The molecule has 2 rings (SSSR count). The van der Waals surface area contributed by atoms with E-state index in [-0.39, 0.29) is 5.97 Å². The van der Waals surface area contributed by atoms with Gasteiger partial charge in [0.2, 0.25) is 0 Å². The molecule has 2 heteroatoms. The fraction of sp³-hybridized carbons (Fsp3) is 0.250. The Bertz CT molecular complexity index is 343. The SMILES string of the molecule is C=C1CCc2ccccc2COC1=O. The first-order valence-electron chi connectivity index (χ1n) is 4.69. The molecule has 1 aromatic rings. The smallest absolute Gasteiger partial charge is 0.333 e. The second kappa shape index (κ2) is 3.66. The monoisotopic (exact) mass is 188 g/mol. The molecule has 0 aliphatic carbocycles. The highest BCUT2D eigenvalue weighted by atomic mass is 16.5. The maximum atomic E-state index is 11.3. The molecular formula is C12H12O2. The van der Waals surface area contributed by atoms with Crippen LogP contribution in [-0.4, -0.2) is 5.97 Å². The van der Waals surface area contributed by atoms with Crippen LogP contribution in [0.1, 0.15) is 17.5 Å². The third-order valence-corrected chi connectivity index (χ3v) is 2.46.